The molecule has 1 heterocycles. The minimum Gasteiger partial charge on any atom is -0.495 e. The molecule has 0 saturated heterocycles. The van der Waals surface area contributed by atoms with Crippen LogP contribution >= 0.6 is 11.8 Å². The third-order valence-corrected chi connectivity index (χ3v) is 3.12. The Morgan fingerprint density at radius 2 is 1.78 bits per heavy atom. The summed E-state index contributed by atoms with van der Waals surface area (Å²) in [6.07, 6.45) is 3.77. The summed E-state index contributed by atoms with van der Waals surface area (Å²) in [5.41, 5.74) is 1.83. The van der Waals surface area contributed by atoms with Crippen LogP contribution in [0.15, 0.2) is 47.6 Å². The monoisotopic (exact) mass is 255 g/mol. The van der Waals surface area contributed by atoms with Crippen LogP contribution in [0.25, 0.3) is 0 Å². The number of aromatic nitrogens is 1. The largest absolute Gasteiger partial charge is 0.495 e. The number of benzene rings is 1. The summed E-state index contributed by atoms with van der Waals surface area (Å²) in [6.45, 7) is 0. The van der Waals surface area contributed by atoms with Crippen LogP contribution in [0.1, 0.15) is 11.1 Å². The Morgan fingerprint density at radius 3 is 2.56 bits per heavy atom. The first kappa shape index (κ1) is 12.5. The fourth-order valence-corrected chi connectivity index (χ4v) is 2.04. The van der Waals surface area contributed by atoms with E-state index in [1.54, 1.807) is 25.1 Å². The summed E-state index contributed by atoms with van der Waals surface area (Å²) in [5, 5.41) is 0.944. The van der Waals surface area contributed by atoms with Gasteiger partial charge in [0.05, 0.1) is 18.2 Å². The second-order valence-electron chi connectivity index (χ2n) is 3.51. The van der Waals surface area contributed by atoms with Gasteiger partial charge in [-0.15, -0.1) is 11.8 Å². The molecule has 0 fully saturated rings. The number of para-hydroxylation sites is 1. The highest BCUT2D eigenvalue weighted by Gasteiger charge is 1.99. The van der Waals surface area contributed by atoms with Crippen molar-refractivity contribution in [3.8, 4) is 17.6 Å². The van der Waals surface area contributed by atoms with Crippen molar-refractivity contribution in [2.24, 2.45) is 0 Å². The van der Waals surface area contributed by atoms with E-state index in [0.29, 0.717) is 0 Å². The molecule has 0 saturated carbocycles. The Morgan fingerprint density at radius 1 is 1.06 bits per heavy atom. The topological polar surface area (TPSA) is 22.1 Å². The van der Waals surface area contributed by atoms with Gasteiger partial charge in [-0.3, -0.25) is 0 Å². The normalized spacial score (nSPS) is 9.44. The maximum absolute atomic E-state index is 5.27. The molecule has 1 aromatic carbocycles. The molecule has 2 aromatic rings. The number of nitrogens with zero attached hydrogens (tertiary/aromatic N) is 1. The standard InChI is InChI=1S/C15H13NOS/c1-17-14-8-4-3-6-12(14)9-10-13-7-5-11-16-15(13)18-2/h3-8,11H,1-2H3. The maximum Gasteiger partial charge on any atom is 0.134 e. The molecule has 0 radical (unpaired) electrons. The van der Waals surface area contributed by atoms with Gasteiger partial charge in [-0.05, 0) is 30.5 Å². The van der Waals surface area contributed by atoms with Crippen LogP contribution < -0.4 is 4.74 Å². The Hall–Kier alpha value is -1.92. The van der Waals surface area contributed by atoms with Gasteiger partial charge in [-0.2, -0.15) is 0 Å². The van der Waals surface area contributed by atoms with Gasteiger partial charge in [0.2, 0.25) is 0 Å². The zero-order chi connectivity index (χ0) is 12.8. The van der Waals surface area contributed by atoms with Crippen LogP contribution in [0.4, 0.5) is 0 Å². The quantitative estimate of drug-likeness (QED) is 0.607. The second-order valence-corrected chi connectivity index (χ2v) is 4.31. The molecule has 0 aliphatic carbocycles. The Bertz CT molecular complexity index is 547. The van der Waals surface area contributed by atoms with Crippen molar-refractivity contribution < 1.29 is 4.74 Å². The summed E-state index contributed by atoms with van der Waals surface area (Å²) in [7, 11) is 1.65. The predicted octanol–water partition coefficient (Wildman–Crippen LogP) is 3.21. The SMILES string of the molecule is COc1ccccc1C#Cc1cccnc1SC. The lowest BCUT2D eigenvalue weighted by atomic mass is 10.2. The van der Waals surface area contributed by atoms with Gasteiger partial charge >= 0.3 is 0 Å². The van der Waals surface area contributed by atoms with Crippen molar-refractivity contribution in [1.29, 1.82) is 0 Å². The number of ether oxygens (including phenoxy) is 1. The number of pyridine rings is 1. The summed E-state index contributed by atoms with van der Waals surface area (Å²) in [4.78, 5) is 4.28. The summed E-state index contributed by atoms with van der Waals surface area (Å²) < 4.78 is 5.27. The van der Waals surface area contributed by atoms with E-state index in [4.69, 9.17) is 4.74 Å². The molecule has 0 atom stereocenters. The van der Waals surface area contributed by atoms with E-state index in [1.807, 2.05) is 42.7 Å². The minimum atomic E-state index is 0.791. The van der Waals surface area contributed by atoms with Crippen molar-refractivity contribution in [2.75, 3.05) is 13.4 Å². The first-order chi connectivity index (χ1) is 8.85. The molecule has 90 valence electrons. The van der Waals surface area contributed by atoms with Gasteiger partial charge in [-0.1, -0.05) is 24.0 Å². The minimum absolute atomic E-state index is 0.791. The molecule has 18 heavy (non-hydrogen) atoms. The third-order valence-electron chi connectivity index (χ3n) is 2.40. The number of methoxy groups -OCH3 is 1. The fourth-order valence-electron chi connectivity index (χ4n) is 1.53. The van der Waals surface area contributed by atoms with E-state index < -0.39 is 0 Å². The molecule has 0 aliphatic heterocycles. The Balaban J connectivity index is 2.37. The van der Waals surface area contributed by atoms with Crippen LogP contribution in [0.5, 0.6) is 5.75 Å². The molecule has 0 N–H and O–H groups in total. The fraction of sp³-hybridized carbons (Fsp3) is 0.133. The number of thioether (sulfide) groups is 1. The smallest absolute Gasteiger partial charge is 0.134 e. The summed E-state index contributed by atoms with van der Waals surface area (Å²) in [5.74, 6) is 7.06. The highest BCUT2D eigenvalue weighted by Crippen LogP contribution is 2.18. The van der Waals surface area contributed by atoms with Crippen LogP contribution in [0.3, 0.4) is 0 Å². The lowest BCUT2D eigenvalue weighted by Gasteiger charge is -2.01. The van der Waals surface area contributed by atoms with Gasteiger partial charge in [0, 0.05) is 6.20 Å². The van der Waals surface area contributed by atoms with Crippen LogP contribution in [-0.4, -0.2) is 18.3 Å². The van der Waals surface area contributed by atoms with Crippen LogP contribution in [-0.2, 0) is 0 Å². The highest BCUT2D eigenvalue weighted by molar-refractivity contribution is 7.98. The third kappa shape index (κ3) is 2.85. The van der Waals surface area contributed by atoms with Crippen molar-refractivity contribution in [3.63, 3.8) is 0 Å². The second kappa shape index (κ2) is 6.13. The van der Waals surface area contributed by atoms with Gasteiger partial charge in [0.1, 0.15) is 10.8 Å². The van der Waals surface area contributed by atoms with E-state index in [2.05, 4.69) is 16.8 Å². The van der Waals surface area contributed by atoms with Crippen molar-refractivity contribution in [2.45, 2.75) is 5.03 Å². The van der Waals surface area contributed by atoms with E-state index in [0.717, 1.165) is 21.9 Å². The number of hydrogen-bond acceptors (Lipinski definition) is 3. The van der Waals surface area contributed by atoms with E-state index in [1.165, 1.54) is 0 Å². The lowest BCUT2D eigenvalue weighted by molar-refractivity contribution is 0.413. The van der Waals surface area contributed by atoms with Gasteiger partial charge in [0.15, 0.2) is 0 Å². The average molecular weight is 255 g/mol. The van der Waals surface area contributed by atoms with Gasteiger partial charge in [0.25, 0.3) is 0 Å². The maximum atomic E-state index is 5.27. The predicted molar refractivity (Wildman–Crippen MR) is 75.0 cm³/mol. The van der Waals surface area contributed by atoms with Gasteiger partial charge < -0.3 is 4.74 Å². The van der Waals surface area contributed by atoms with Crippen LogP contribution in [0.2, 0.25) is 0 Å². The highest BCUT2D eigenvalue weighted by atomic mass is 32.2. The van der Waals surface area contributed by atoms with Crippen molar-refractivity contribution >= 4 is 11.8 Å². The molecule has 0 spiro atoms. The molecule has 2 rings (SSSR count). The molecule has 0 unspecified atom stereocenters. The molecule has 0 amide bonds. The summed E-state index contributed by atoms with van der Waals surface area (Å²) in [6, 6.07) is 11.6. The zero-order valence-corrected chi connectivity index (χ0v) is 11.1. The molecule has 3 heteroatoms. The average Bonchev–Trinajstić information content (AvgIpc) is 2.45. The Labute approximate surface area is 111 Å². The van der Waals surface area contributed by atoms with E-state index >= 15 is 0 Å². The molecule has 2 nitrogen and oxygen atoms in total. The van der Waals surface area contributed by atoms with E-state index in [9.17, 15) is 0 Å². The van der Waals surface area contributed by atoms with Crippen LogP contribution in [0, 0.1) is 11.8 Å². The van der Waals surface area contributed by atoms with Crippen molar-refractivity contribution in [3.05, 3.63) is 53.7 Å². The number of rotatable bonds is 2. The first-order valence-corrected chi connectivity index (χ1v) is 6.71. The van der Waals surface area contributed by atoms with Crippen molar-refractivity contribution in [1.82, 2.24) is 4.98 Å². The molecule has 0 bridgehead atoms. The molecular formula is C15H13NOS. The summed E-state index contributed by atoms with van der Waals surface area (Å²) >= 11 is 1.60. The lowest BCUT2D eigenvalue weighted by Crippen LogP contribution is -1.87. The zero-order valence-electron chi connectivity index (χ0n) is 10.3. The van der Waals surface area contributed by atoms with E-state index in [-0.39, 0.29) is 0 Å². The number of hydrogen-bond donors (Lipinski definition) is 0. The molecular weight excluding hydrogens is 242 g/mol. The van der Waals surface area contributed by atoms with Gasteiger partial charge in [-0.25, -0.2) is 4.98 Å². The Kier molecular flexibility index (Phi) is 4.27. The first-order valence-electron chi connectivity index (χ1n) is 5.49. The molecule has 1 aromatic heterocycles. The molecule has 0 aliphatic rings.